The van der Waals surface area contributed by atoms with Crippen LogP contribution in [0.3, 0.4) is 0 Å². The van der Waals surface area contributed by atoms with Crippen molar-refractivity contribution in [3.63, 3.8) is 0 Å². The molecule has 1 aliphatic carbocycles. The molecule has 2 rings (SSSR count). The van der Waals surface area contributed by atoms with E-state index in [0.29, 0.717) is 16.6 Å². The summed E-state index contributed by atoms with van der Waals surface area (Å²) in [4.78, 5) is 0. The van der Waals surface area contributed by atoms with Crippen molar-refractivity contribution < 1.29 is 0 Å². The average Bonchev–Trinajstić information content (AvgIpc) is 2.43. The summed E-state index contributed by atoms with van der Waals surface area (Å²) in [6.07, 6.45) is 7.77. The van der Waals surface area contributed by atoms with Gasteiger partial charge in [0.05, 0.1) is 10.6 Å². The molecule has 19 heavy (non-hydrogen) atoms. The monoisotopic (exact) mass is 276 g/mol. The van der Waals surface area contributed by atoms with Gasteiger partial charge in [0.25, 0.3) is 0 Å². The lowest BCUT2D eigenvalue weighted by Gasteiger charge is -2.29. The number of nitrogens with one attached hydrogen (secondary N) is 1. The zero-order chi connectivity index (χ0) is 13.7. The Balaban J connectivity index is 1.91. The second-order valence-electron chi connectivity index (χ2n) is 5.46. The summed E-state index contributed by atoms with van der Waals surface area (Å²) in [7, 11) is 0. The molecule has 102 valence electrons. The molecule has 0 unspecified atom stereocenters. The van der Waals surface area contributed by atoms with Crippen LogP contribution in [0.5, 0.6) is 0 Å². The molecule has 1 saturated carbocycles. The number of hydrogen-bond donors (Lipinski definition) is 1. The molecule has 1 fully saturated rings. The van der Waals surface area contributed by atoms with Gasteiger partial charge in [0, 0.05) is 11.7 Å². The Kier molecular flexibility index (Phi) is 5.10. The molecule has 0 spiro atoms. The Labute approximate surface area is 120 Å². The van der Waals surface area contributed by atoms with Crippen LogP contribution < -0.4 is 5.32 Å². The maximum atomic E-state index is 8.98. The van der Waals surface area contributed by atoms with Gasteiger partial charge in [0.2, 0.25) is 0 Å². The summed E-state index contributed by atoms with van der Waals surface area (Å²) < 4.78 is 0. The molecule has 0 aromatic heterocycles. The molecule has 2 nitrogen and oxygen atoms in total. The maximum absolute atomic E-state index is 8.98. The molecule has 0 amide bonds. The molecular weight excluding hydrogens is 256 g/mol. The van der Waals surface area contributed by atoms with Crippen LogP contribution in [0.25, 0.3) is 0 Å². The molecule has 0 saturated heterocycles. The zero-order valence-corrected chi connectivity index (χ0v) is 12.2. The molecule has 0 aliphatic heterocycles. The third kappa shape index (κ3) is 3.88. The zero-order valence-electron chi connectivity index (χ0n) is 11.5. The maximum Gasteiger partial charge on any atom is 0.101 e. The largest absolute Gasteiger partial charge is 0.382 e. The molecule has 1 aromatic carbocycles. The minimum absolute atomic E-state index is 0.528. The first-order chi connectivity index (χ1) is 9.22. The van der Waals surface area contributed by atoms with Gasteiger partial charge in [0.15, 0.2) is 0 Å². The minimum Gasteiger partial charge on any atom is -0.382 e. The predicted molar refractivity (Wildman–Crippen MR) is 80.4 cm³/mol. The van der Waals surface area contributed by atoms with Crippen molar-refractivity contribution in [3.05, 3.63) is 28.8 Å². The topological polar surface area (TPSA) is 35.8 Å². The van der Waals surface area contributed by atoms with E-state index in [4.69, 9.17) is 16.9 Å². The SMILES string of the molecule is CCCC1CCC(Nc2ccc(Cl)c(C#N)c2)CC1. The van der Waals surface area contributed by atoms with Gasteiger partial charge < -0.3 is 5.32 Å². The molecule has 3 heteroatoms. The van der Waals surface area contributed by atoms with Crippen molar-refractivity contribution in [2.75, 3.05) is 5.32 Å². The fraction of sp³-hybridized carbons (Fsp3) is 0.562. The van der Waals surface area contributed by atoms with Crippen LogP contribution in [0.4, 0.5) is 5.69 Å². The Hall–Kier alpha value is -1.20. The van der Waals surface area contributed by atoms with Crippen molar-refractivity contribution in [1.82, 2.24) is 0 Å². The number of nitriles is 1. The van der Waals surface area contributed by atoms with Crippen molar-refractivity contribution in [1.29, 1.82) is 5.26 Å². The standard InChI is InChI=1S/C16H21ClN2/c1-2-3-12-4-6-14(7-5-12)19-15-8-9-16(17)13(10-15)11-18/h8-10,12,14,19H,2-7H2,1H3. The first-order valence-electron chi connectivity index (χ1n) is 7.19. The highest BCUT2D eigenvalue weighted by Gasteiger charge is 2.20. The summed E-state index contributed by atoms with van der Waals surface area (Å²) in [5.74, 6) is 0.919. The van der Waals surface area contributed by atoms with E-state index in [1.807, 2.05) is 12.1 Å². The number of halogens is 1. The molecule has 0 radical (unpaired) electrons. The summed E-state index contributed by atoms with van der Waals surface area (Å²) in [6.45, 7) is 2.27. The van der Waals surface area contributed by atoms with Gasteiger partial charge >= 0.3 is 0 Å². The first kappa shape index (κ1) is 14.2. The number of benzene rings is 1. The number of anilines is 1. The van der Waals surface area contributed by atoms with Crippen molar-refractivity contribution in [3.8, 4) is 6.07 Å². The highest BCUT2D eigenvalue weighted by molar-refractivity contribution is 6.31. The van der Waals surface area contributed by atoms with Gasteiger partial charge in [-0.3, -0.25) is 0 Å². The fourth-order valence-electron chi connectivity index (χ4n) is 2.94. The highest BCUT2D eigenvalue weighted by atomic mass is 35.5. The predicted octanol–water partition coefficient (Wildman–Crippen LogP) is 4.98. The number of rotatable bonds is 4. The Morgan fingerprint density at radius 1 is 1.32 bits per heavy atom. The normalized spacial score (nSPS) is 22.8. The third-order valence-electron chi connectivity index (χ3n) is 4.00. The quantitative estimate of drug-likeness (QED) is 0.841. The van der Waals surface area contributed by atoms with Crippen LogP contribution in [0.1, 0.15) is 51.0 Å². The van der Waals surface area contributed by atoms with Crippen molar-refractivity contribution >= 4 is 17.3 Å². The summed E-state index contributed by atoms with van der Waals surface area (Å²) >= 11 is 5.94. The van der Waals surface area contributed by atoms with E-state index in [1.165, 1.54) is 38.5 Å². The van der Waals surface area contributed by atoms with E-state index in [9.17, 15) is 0 Å². The first-order valence-corrected chi connectivity index (χ1v) is 7.57. The van der Waals surface area contributed by atoms with E-state index >= 15 is 0 Å². The summed E-state index contributed by atoms with van der Waals surface area (Å²) in [6, 6.07) is 8.27. The van der Waals surface area contributed by atoms with Crippen LogP contribution >= 0.6 is 11.6 Å². The van der Waals surface area contributed by atoms with E-state index in [1.54, 1.807) is 6.07 Å². The smallest absolute Gasteiger partial charge is 0.101 e. The Morgan fingerprint density at radius 3 is 2.68 bits per heavy atom. The lowest BCUT2D eigenvalue weighted by atomic mass is 9.83. The van der Waals surface area contributed by atoms with Crippen LogP contribution in [0, 0.1) is 17.2 Å². The Bertz CT molecular complexity index is 456. The lowest BCUT2D eigenvalue weighted by molar-refractivity contribution is 0.319. The van der Waals surface area contributed by atoms with Crippen LogP contribution in [-0.4, -0.2) is 6.04 Å². The van der Waals surface area contributed by atoms with Crippen molar-refractivity contribution in [2.45, 2.75) is 51.5 Å². The minimum atomic E-state index is 0.528. The second kappa shape index (κ2) is 6.82. The van der Waals surface area contributed by atoms with Gasteiger partial charge in [-0.05, 0) is 49.8 Å². The van der Waals surface area contributed by atoms with Gasteiger partial charge in [-0.2, -0.15) is 5.26 Å². The third-order valence-corrected chi connectivity index (χ3v) is 4.33. The van der Waals surface area contributed by atoms with Crippen LogP contribution in [0.15, 0.2) is 18.2 Å². The molecule has 0 bridgehead atoms. The van der Waals surface area contributed by atoms with E-state index in [2.05, 4.69) is 18.3 Å². The molecular formula is C16H21ClN2. The lowest BCUT2D eigenvalue weighted by Crippen LogP contribution is -2.26. The van der Waals surface area contributed by atoms with Gasteiger partial charge in [-0.25, -0.2) is 0 Å². The second-order valence-corrected chi connectivity index (χ2v) is 5.86. The molecule has 1 aromatic rings. The molecule has 0 atom stereocenters. The van der Waals surface area contributed by atoms with Gasteiger partial charge in [-0.1, -0.05) is 31.4 Å². The fourth-order valence-corrected chi connectivity index (χ4v) is 3.10. The van der Waals surface area contributed by atoms with Gasteiger partial charge in [-0.15, -0.1) is 0 Å². The van der Waals surface area contributed by atoms with E-state index in [0.717, 1.165) is 11.6 Å². The van der Waals surface area contributed by atoms with Crippen LogP contribution in [-0.2, 0) is 0 Å². The number of hydrogen-bond acceptors (Lipinski definition) is 2. The van der Waals surface area contributed by atoms with Crippen LogP contribution in [0.2, 0.25) is 5.02 Å². The van der Waals surface area contributed by atoms with Crippen molar-refractivity contribution in [2.24, 2.45) is 5.92 Å². The van der Waals surface area contributed by atoms with E-state index in [-0.39, 0.29) is 0 Å². The molecule has 1 N–H and O–H groups in total. The molecule has 0 heterocycles. The van der Waals surface area contributed by atoms with Gasteiger partial charge in [0.1, 0.15) is 6.07 Å². The Morgan fingerprint density at radius 2 is 2.05 bits per heavy atom. The van der Waals surface area contributed by atoms with E-state index < -0.39 is 0 Å². The molecule has 1 aliphatic rings. The number of nitrogens with zero attached hydrogens (tertiary/aromatic N) is 1. The highest BCUT2D eigenvalue weighted by Crippen LogP contribution is 2.30. The summed E-state index contributed by atoms with van der Waals surface area (Å²) in [5.41, 5.74) is 1.56. The average molecular weight is 277 g/mol. The summed E-state index contributed by atoms with van der Waals surface area (Å²) in [5, 5.41) is 13.0.